The fourth-order valence-corrected chi connectivity index (χ4v) is 1.58. The Labute approximate surface area is 111 Å². The maximum atomic E-state index is 9.82. The van der Waals surface area contributed by atoms with Crippen molar-refractivity contribution in [3.63, 3.8) is 0 Å². The van der Waals surface area contributed by atoms with Crippen molar-refractivity contribution in [2.24, 2.45) is 0 Å². The van der Waals surface area contributed by atoms with Crippen molar-refractivity contribution in [1.82, 2.24) is 9.97 Å². The summed E-state index contributed by atoms with van der Waals surface area (Å²) in [7, 11) is 0. The predicted octanol–water partition coefficient (Wildman–Crippen LogP) is -1.46. The topological polar surface area (TPSA) is 127 Å². The summed E-state index contributed by atoms with van der Waals surface area (Å²) in [5, 5.41) is 46.0. The third-order valence-electron chi connectivity index (χ3n) is 2.74. The van der Waals surface area contributed by atoms with Gasteiger partial charge in [-0.2, -0.15) is 0 Å². The molecule has 0 fully saturated rings. The molecule has 0 amide bonds. The number of aliphatic hydroxyl groups is 5. The molecular weight excluding hydrogens is 252 g/mol. The van der Waals surface area contributed by atoms with Crippen molar-refractivity contribution in [3.05, 3.63) is 23.8 Å². The minimum absolute atomic E-state index is 0.0519. The molecule has 3 unspecified atom stereocenters. The van der Waals surface area contributed by atoms with Gasteiger partial charge in [-0.3, -0.25) is 9.97 Å². The lowest BCUT2D eigenvalue weighted by molar-refractivity contribution is 0.00159. The van der Waals surface area contributed by atoms with Crippen LogP contribution in [0.3, 0.4) is 0 Å². The van der Waals surface area contributed by atoms with Gasteiger partial charge in [0.1, 0.15) is 6.10 Å². The van der Waals surface area contributed by atoms with Crippen LogP contribution in [0.15, 0.2) is 12.4 Å². The molecule has 0 bridgehead atoms. The first-order valence-electron chi connectivity index (χ1n) is 6.15. The predicted molar refractivity (Wildman–Crippen MR) is 66.1 cm³/mol. The van der Waals surface area contributed by atoms with Gasteiger partial charge in [0.25, 0.3) is 0 Å². The summed E-state index contributed by atoms with van der Waals surface area (Å²) in [5.74, 6) is 0. The SMILES string of the molecule is OCCC(O)C(O)c1cncc(CCC(O)CO)n1. The van der Waals surface area contributed by atoms with Crippen LogP contribution in [-0.4, -0.2) is 60.9 Å². The molecule has 1 aromatic heterocycles. The van der Waals surface area contributed by atoms with E-state index in [0.29, 0.717) is 18.5 Å². The van der Waals surface area contributed by atoms with E-state index in [9.17, 15) is 15.3 Å². The molecule has 7 nitrogen and oxygen atoms in total. The average molecular weight is 272 g/mol. The Morgan fingerprint density at radius 2 is 1.79 bits per heavy atom. The van der Waals surface area contributed by atoms with E-state index in [-0.39, 0.29) is 25.3 Å². The van der Waals surface area contributed by atoms with Crippen LogP contribution in [0, 0.1) is 0 Å². The normalized spacial score (nSPS) is 16.1. The average Bonchev–Trinajstić information content (AvgIpc) is 2.44. The molecule has 0 aliphatic rings. The van der Waals surface area contributed by atoms with Crippen LogP contribution in [0.5, 0.6) is 0 Å². The highest BCUT2D eigenvalue weighted by Crippen LogP contribution is 2.16. The first-order chi connectivity index (χ1) is 9.08. The second-order valence-corrected chi connectivity index (χ2v) is 4.33. The van der Waals surface area contributed by atoms with Crippen molar-refractivity contribution in [1.29, 1.82) is 0 Å². The van der Waals surface area contributed by atoms with E-state index in [2.05, 4.69) is 9.97 Å². The van der Waals surface area contributed by atoms with E-state index in [0.717, 1.165) is 0 Å². The molecule has 0 spiro atoms. The van der Waals surface area contributed by atoms with E-state index in [1.165, 1.54) is 12.4 Å². The molecule has 0 radical (unpaired) electrons. The van der Waals surface area contributed by atoms with Gasteiger partial charge in [0.15, 0.2) is 0 Å². The summed E-state index contributed by atoms with van der Waals surface area (Å²) < 4.78 is 0. The third-order valence-corrected chi connectivity index (χ3v) is 2.74. The van der Waals surface area contributed by atoms with E-state index in [4.69, 9.17) is 10.2 Å². The highest BCUT2D eigenvalue weighted by Gasteiger charge is 2.19. The molecule has 0 aromatic carbocycles. The number of aliphatic hydroxyl groups excluding tert-OH is 5. The second-order valence-electron chi connectivity index (χ2n) is 4.33. The summed E-state index contributed by atoms with van der Waals surface area (Å²) in [6.45, 7) is -0.543. The summed E-state index contributed by atoms with van der Waals surface area (Å²) in [6, 6.07) is 0. The van der Waals surface area contributed by atoms with Crippen LogP contribution < -0.4 is 0 Å². The fourth-order valence-electron chi connectivity index (χ4n) is 1.58. The van der Waals surface area contributed by atoms with Crippen molar-refractivity contribution < 1.29 is 25.5 Å². The van der Waals surface area contributed by atoms with Gasteiger partial charge in [0.05, 0.1) is 36.4 Å². The highest BCUT2D eigenvalue weighted by molar-refractivity contribution is 5.07. The van der Waals surface area contributed by atoms with Crippen LogP contribution in [-0.2, 0) is 6.42 Å². The smallest absolute Gasteiger partial charge is 0.123 e. The van der Waals surface area contributed by atoms with Crippen LogP contribution >= 0.6 is 0 Å². The third kappa shape index (κ3) is 5.17. The lowest BCUT2D eigenvalue weighted by Gasteiger charge is -2.16. The number of aryl methyl sites for hydroxylation is 1. The maximum absolute atomic E-state index is 9.82. The number of aromatic nitrogens is 2. The summed E-state index contributed by atoms with van der Waals surface area (Å²) in [5.41, 5.74) is 0.775. The van der Waals surface area contributed by atoms with E-state index in [1.807, 2.05) is 0 Å². The van der Waals surface area contributed by atoms with Crippen LogP contribution in [0.1, 0.15) is 30.3 Å². The molecule has 0 saturated carbocycles. The zero-order valence-electron chi connectivity index (χ0n) is 10.6. The minimum atomic E-state index is -1.21. The lowest BCUT2D eigenvalue weighted by atomic mass is 10.1. The number of rotatable bonds is 8. The molecule has 0 aliphatic heterocycles. The maximum Gasteiger partial charge on any atom is 0.123 e. The molecule has 1 heterocycles. The van der Waals surface area contributed by atoms with Gasteiger partial charge >= 0.3 is 0 Å². The first kappa shape index (κ1) is 15.9. The van der Waals surface area contributed by atoms with E-state index >= 15 is 0 Å². The van der Waals surface area contributed by atoms with Gasteiger partial charge in [0, 0.05) is 12.8 Å². The van der Waals surface area contributed by atoms with Crippen LogP contribution in [0.2, 0.25) is 0 Å². The van der Waals surface area contributed by atoms with Crippen molar-refractivity contribution >= 4 is 0 Å². The first-order valence-corrected chi connectivity index (χ1v) is 6.15. The molecule has 7 heteroatoms. The van der Waals surface area contributed by atoms with Crippen molar-refractivity contribution in [2.75, 3.05) is 13.2 Å². The quantitative estimate of drug-likeness (QED) is 0.391. The van der Waals surface area contributed by atoms with Gasteiger partial charge in [0.2, 0.25) is 0 Å². The Bertz CT molecular complexity index is 377. The van der Waals surface area contributed by atoms with Gasteiger partial charge in [-0.05, 0) is 19.3 Å². The van der Waals surface area contributed by atoms with Gasteiger partial charge in [-0.1, -0.05) is 0 Å². The summed E-state index contributed by atoms with van der Waals surface area (Å²) in [4.78, 5) is 8.05. The standard InChI is InChI=1S/C12H20N2O5/c15-4-3-11(18)12(19)10-6-13-5-8(14-10)1-2-9(17)7-16/h5-6,9,11-12,15-19H,1-4,7H2. The molecule has 108 valence electrons. The molecule has 0 saturated heterocycles. The Kier molecular flexibility index (Phi) is 6.82. The van der Waals surface area contributed by atoms with Crippen LogP contribution in [0.4, 0.5) is 0 Å². The zero-order valence-corrected chi connectivity index (χ0v) is 10.6. The van der Waals surface area contributed by atoms with Crippen LogP contribution in [0.25, 0.3) is 0 Å². The Hall–Kier alpha value is -1.12. The van der Waals surface area contributed by atoms with Crippen molar-refractivity contribution in [2.45, 2.75) is 37.6 Å². The molecule has 19 heavy (non-hydrogen) atoms. The molecule has 3 atom stereocenters. The summed E-state index contributed by atoms with van der Waals surface area (Å²) >= 11 is 0. The number of nitrogens with zero attached hydrogens (tertiary/aromatic N) is 2. The molecule has 5 N–H and O–H groups in total. The van der Waals surface area contributed by atoms with Gasteiger partial charge in [-0.25, -0.2) is 0 Å². The van der Waals surface area contributed by atoms with E-state index < -0.39 is 18.3 Å². The number of hydrogen-bond donors (Lipinski definition) is 5. The van der Waals surface area contributed by atoms with Gasteiger partial charge < -0.3 is 25.5 Å². The molecule has 1 aromatic rings. The highest BCUT2D eigenvalue weighted by atomic mass is 16.3. The Morgan fingerprint density at radius 1 is 1.05 bits per heavy atom. The zero-order chi connectivity index (χ0) is 14.3. The minimum Gasteiger partial charge on any atom is -0.396 e. The largest absolute Gasteiger partial charge is 0.396 e. The Morgan fingerprint density at radius 3 is 2.42 bits per heavy atom. The van der Waals surface area contributed by atoms with E-state index in [1.54, 1.807) is 0 Å². The Balaban J connectivity index is 2.65. The second kappa shape index (κ2) is 8.13. The summed E-state index contributed by atoms with van der Waals surface area (Å²) in [6.07, 6.45) is 0.525. The molecule has 1 rings (SSSR count). The fraction of sp³-hybridized carbons (Fsp3) is 0.667. The molecule has 0 aliphatic carbocycles. The molecular formula is C12H20N2O5. The lowest BCUT2D eigenvalue weighted by Crippen LogP contribution is -2.21. The van der Waals surface area contributed by atoms with Gasteiger partial charge in [-0.15, -0.1) is 0 Å². The monoisotopic (exact) mass is 272 g/mol. The number of hydrogen-bond acceptors (Lipinski definition) is 7. The van der Waals surface area contributed by atoms with Crippen molar-refractivity contribution in [3.8, 4) is 0 Å².